The van der Waals surface area contributed by atoms with E-state index in [-0.39, 0.29) is 17.9 Å². The maximum Gasteiger partial charge on any atom is 0.310 e. The molecule has 0 spiro atoms. The normalized spacial score (nSPS) is 20.9. The number of nitrogens with two attached hydrogens (primary N) is 1. The number of halogens is 2. The molecule has 17 heavy (non-hydrogen) atoms. The maximum atomic E-state index is 13.0. The minimum atomic E-state index is -2.79. The summed E-state index contributed by atoms with van der Waals surface area (Å²) in [5.41, 5.74) is 4.44. The van der Waals surface area contributed by atoms with Crippen LogP contribution in [0.3, 0.4) is 0 Å². The molecule has 2 N–H and O–H groups in total. The Balaban J connectivity index is 2.46. The van der Waals surface area contributed by atoms with E-state index in [1.165, 1.54) is 11.7 Å². The van der Waals surface area contributed by atoms with Gasteiger partial charge in [-0.25, -0.2) is 8.78 Å². The zero-order valence-electron chi connectivity index (χ0n) is 9.19. The Labute approximate surface area is 95.5 Å². The second-order valence-corrected chi connectivity index (χ2v) is 4.45. The molecule has 8 heteroatoms. The highest BCUT2D eigenvalue weighted by molar-refractivity contribution is 5.42. The maximum absolute atomic E-state index is 13.0. The number of rotatable bonds is 3. The van der Waals surface area contributed by atoms with Gasteiger partial charge in [-0.1, -0.05) is 0 Å². The zero-order chi connectivity index (χ0) is 12.8. The van der Waals surface area contributed by atoms with Crippen LogP contribution in [0.5, 0.6) is 0 Å². The first-order valence-corrected chi connectivity index (χ1v) is 5.06. The molecule has 1 aromatic heterocycles. The van der Waals surface area contributed by atoms with Crippen molar-refractivity contribution in [3.05, 3.63) is 22.0 Å². The summed E-state index contributed by atoms with van der Waals surface area (Å²) in [7, 11) is 1.50. The molecule has 1 fully saturated rings. The molecule has 0 aliphatic heterocycles. The molecule has 0 unspecified atom stereocenters. The first kappa shape index (κ1) is 11.9. The Morgan fingerprint density at radius 2 is 2.24 bits per heavy atom. The van der Waals surface area contributed by atoms with Crippen molar-refractivity contribution in [2.75, 3.05) is 6.54 Å². The van der Waals surface area contributed by atoms with E-state index in [1.54, 1.807) is 0 Å². The number of hydrogen-bond donors (Lipinski definition) is 1. The smallest absolute Gasteiger partial charge is 0.310 e. The summed E-state index contributed by atoms with van der Waals surface area (Å²) in [5, 5.41) is 14.6. The van der Waals surface area contributed by atoms with E-state index < -0.39 is 29.1 Å². The summed E-state index contributed by atoms with van der Waals surface area (Å²) in [6.07, 6.45) is 0.150. The van der Waals surface area contributed by atoms with Crippen LogP contribution in [-0.4, -0.2) is 27.2 Å². The number of nitrogens with zero attached hydrogens (tertiary/aromatic N) is 3. The van der Waals surface area contributed by atoms with Crippen molar-refractivity contribution >= 4 is 5.69 Å². The highest BCUT2D eigenvalue weighted by atomic mass is 19.3. The van der Waals surface area contributed by atoms with Gasteiger partial charge in [0.15, 0.2) is 0 Å². The van der Waals surface area contributed by atoms with Gasteiger partial charge in [-0.3, -0.25) is 14.8 Å². The summed E-state index contributed by atoms with van der Waals surface area (Å²) in [6.45, 7) is -0.0526. The number of hydrogen-bond acceptors (Lipinski definition) is 4. The SMILES string of the molecule is Cn1ncc([N+](=O)[O-])c1C1(CN)CC(F)(F)C1. The van der Waals surface area contributed by atoms with E-state index in [4.69, 9.17) is 5.73 Å². The van der Waals surface area contributed by atoms with E-state index in [2.05, 4.69) is 5.10 Å². The fourth-order valence-electron chi connectivity index (χ4n) is 2.52. The van der Waals surface area contributed by atoms with Gasteiger partial charge in [0.1, 0.15) is 11.9 Å². The van der Waals surface area contributed by atoms with Crippen molar-refractivity contribution in [3.8, 4) is 0 Å². The predicted molar refractivity (Wildman–Crippen MR) is 54.8 cm³/mol. The summed E-state index contributed by atoms with van der Waals surface area (Å²) in [4.78, 5) is 10.2. The zero-order valence-corrected chi connectivity index (χ0v) is 9.19. The van der Waals surface area contributed by atoms with Gasteiger partial charge in [0.25, 0.3) is 0 Å². The largest absolute Gasteiger partial charge is 0.330 e. The Kier molecular flexibility index (Phi) is 2.42. The Hall–Kier alpha value is -1.57. The fourth-order valence-corrected chi connectivity index (χ4v) is 2.52. The van der Waals surface area contributed by atoms with Gasteiger partial charge >= 0.3 is 5.69 Å². The molecule has 1 aliphatic carbocycles. The third kappa shape index (κ3) is 1.68. The Morgan fingerprint density at radius 1 is 1.65 bits per heavy atom. The van der Waals surface area contributed by atoms with Gasteiger partial charge in [0.2, 0.25) is 5.92 Å². The van der Waals surface area contributed by atoms with Crippen LogP contribution < -0.4 is 5.73 Å². The molecule has 1 saturated carbocycles. The second kappa shape index (κ2) is 3.46. The molecule has 0 radical (unpaired) electrons. The first-order chi connectivity index (χ1) is 7.81. The van der Waals surface area contributed by atoms with Crippen LogP contribution in [-0.2, 0) is 12.5 Å². The van der Waals surface area contributed by atoms with E-state index >= 15 is 0 Å². The van der Waals surface area contributed by atoms with Crippen molar-refractivity contribution in [3.63, 3.8) is 0 Å². The first-order valence-electron chi connectivity index (χ1n) is 5.06. The van der Waals surface area contributed by atoms with Gasteiger partial charge in [-0.15, -0.1) is 0 Å². The van der Waals surface area contributed by atoms with Crippen LogP contribution in [0.15, 0.2) is 6.20 Å². The Morgan fingerprint density at radius 3 is 2.65 bits per heavy atom. The minimum Gasteiger partial charge on any atom is -0.330 e. The molecule has 94 valence electrons. The lowest BCUT2D eigenvalue weighted by atomic mass is 9.63. The van der Waals surface area contributed by atoms with Crippen molar-refractivity contribution in [1.29, 1.82) is 0 Å². The van der Waals surface area contributed by atoms with E-state index in [9.17, 15) is 18.9 Å². The van der Waals surface area contributed by atoms with Crippen LogP contribution in [0.1, 0.15) is 18.5 Å². The predicted octanol–water partition coefficient (Wildman–Crippen LogP) is 0.954. The average Bonchev–Trinajstić information content (AvgIpc) is 2.56. The van der Waals surface area contributed by atoms with Crippen molar-refractivity contribution in [1.82, 2.24) is 9.78 Å². The second-order valence-electron chi connectivity index (χ2n) is 4.45. The summed E-state index contributed by atoms with van der Waals surface area (Å²) in [5.74, 6) is -2.79. The highest BCUT2D eigenvalue weighted by Crippen LogP contribution is 2.54. The molecule has 2 rings (SSSR count). The molecule has 1 aliphatic rings. The third-order valence-corrected chi connectivity index (χ3v) is 3.20. The number of aromatic nitrogens is 2. The summed E-state index contributed by atoms with van der Waals surface area (Å²) in [6, 6.07) is 0. The van der Waals surface area contributed by atoms with Gasteiger partial charge in [-0.05, 0) is 0 Å². The molecule has 1 heterocycles. The minimum absolute atomic E-state index is 0.0526. The van der Waals surface area contributed by atoms with Gasteiger partial charge in [-0.2, -0.15) is 5.10 Å². The molecule has 0 saturated heterocycles. The van der Waals surface area contributed by atoms with Crippen LogP contribution in [0.25, 0.3) is 0 Å². The quantitative estimate of drug-likeness (QED) is 0.635. The lowest BCUT2D eigenvalue weighted by Crippen LogP contribution is -2.54. The lowest BCUT2D eigenvalue weighted by molar-refractivity contribution is -0.386. The van der Waals surface area contributed by atoms with Crippen LogP contribution in [0.2, 0.25) is 0 Å². The van der Waals surface area contributed by atoms with Gasteiger partial charge < -0.3 is 5.73 Å². The molecule has 1 aromatic rings. The highest BCUT2D eigenvalue weighted by Gasteiger charge is 2.60. The van der Waals surface area contributed by atoms with Gasteiger partial charge in [0.05, 0.1) is 4.92 Å². The Bertz CT molecular complexity index is 464. The average molecular weight is 246 g/mol. The van der Waals surface area contributed by atoms with Gasteiger partial charge in [0, 0.05) is 31.8 Å². The van der Waals surface area contributed by atoms with Crippen molar-refractivity contribution < 1.29 is 13.7 Å². The molecule has 0 aromatic carbocycles. The monoisotopic (exact) mass is 246 g/mol. The van der Waals surface area contributed by atoms with Crippen LogP contribution in [0, 0.1) is 10.1 Å². The molecule has 0 atom stereocenters. The molecular formula is C9H12F2N4O2. The van der Waals surface area contributed by atoms with Crippen molar-refractivity contribution in [2.24, 2.45) is 12.8 Å². The lowest BCUT2D eigenvalue weighted by Gasteiger charge is -2.45. The number of nitro groups is 1. The van der Waals surface area contributed by atoms with E-state index in [1.807, 2.05) is 0 Å². The number of alkyl halides is 2. The molecule has 0 amide bonds. The van der Waals surface area contributed by atoms with Crippen molar-refractivity contribution in [2.45, 2.75) is 24.2 Å². The fraction of sp³-hybridized carbons (Fsp3) is 0.667. The van der Waals surface area contributed by atoms with Crippen LogP contribution >= 0.6 is 0 Å². The molecular weight excluding hydrogens is 234 g/mol. The topological polar surface area (TPSA) is 87.0 Å². The van der Waals surface area contributed by atoms with E-state index in [0.29, 0.717) is 0 Å². The molecule has 0 bridgehead atoms. The van der Waals surface area contributed by atoms with Crippen LogP contribution in [0.4, 0.5) is 14.5 Å². The summed E-state index contributed by atoms with van der Waals surface area (Å²) >= 11 is 0. The molecule has 6 nitrogen and oxygen atoms in total. The standard InChI is InChI=1S/C9H12F2N4O2/c1-14-7(6(2-13-14)15(16)17)8(5-12)3-9(10,11)4-8/h2H,3-5,12H2,1H3. The third-order valence-electron chi connectivity index (χ3n) is 3.20. The summed E-state index contributed by atoms with van der Waals surface area (Å²) < 4.78 is 27.3. The van der Waals surface area contributed by atoms with E-state index in [0.717, 1.165) is 6.20 Å². The number of aryl methyl sites for hydroxylation is 1.